The minimum Gasteiger partial charge on any atom is -0.378 e. The molecule has 0 unspecified atom stereocenters. The fourth-order valence-corrected chi connectivity index (χ4v) is 2.03. The molecule has 0 saturated heterocycles. The van der Waals surface area contributed by atoms with Crippen LogP contribution in [-0.4, -0.2) is 50.5 Å². The Kier molecular flexibility index (Phi) is 10.1. The van der Waals surface area contributed by atoms with E-state index in [1.165, 1.54) is 5.69 Å². The Balaban J connectivity index is 0.000000447. The van der Waals surface area contributed by atoms with Gasteiger partial charge in [-0.05, 0) is 76.8 Å². The molecule has 1 N–H and O–H groups in total. The highest BCUT2D eigenvalue weighted by Gasteiger charge is 2.21. The summed E-state index contributed by atoms with van der Waals surface area (Å²) in [6, 6.07) is 8.18. The molecule has 1 aliphatic rings. The second-order valence-electron chi connectivity index (χ2n) is 8.76. The van der Waals surface area contributed by atoms with Crippen molar-refractivity contribution in [3.8, 4) is 11.8 Å². The molecule has 0 spiro atoms. The van der Waals surface area contributed by atoms with E-state index in [0.29, 0.717) is 4.75 Å². The summed E-state index contributed by atoms with van der Waals surface area (Å²) >= 11 is 3.51. The van der Waals surface area contributed by atoms with Crippen molar-refractivity contribution in [2.45, 2.75) is 31.9 Å². The molecule has 2 rings (SSSR count). The number of allylic oxidation sites excluding steroid dienone is 3. The highest BCUT2D eigenvalue weighted by atomic mass is 79.9. The van der Waals surface area contributed by atoms with Gasteiger partial charge in [0.2, 0.25) is 0 Å². The maximum absolute atomic E-state index is 4.26. The lowest BCUT2D eigenvalue weighted by molar-refractivity contribution is 0.791. The molecule has 0 radical (unpaired) electrons. The summed E-state index contributed by atoms with van der Waals surface area (Å²) in [6.45, 7) is 7.69. The number of hydrogen-bond acceptors (Lipinski definition) is 3. The van der Waals surface area contributed by atoms with Crippen molar-refractivity contribution >= 4 is 38.0 Å². The van der Waals surface area contributed by atoms with Crippen molar-refractivity contribution in [3.63, 3.8) is 0 Å². The van der Waals surface area contributed by atoms with Crippen molar-refractivity contribution in [3.05, 3.63) is 52.2 Å². The maximum atomic E-state index is 4.26. The van der Waals surface area contributed by atoms with E-state index in [2.05, 4.69) is 94.7 Å². The third-order valence-electron chi connectivity index (χ3n) is 4.78. The molecule has 0 fully saturated rings. The molecule has 1 heterocycles. The Labute approximate surface area is 188 Å². The lowest BCUT2D eigenvalue weighted by Crippen LogP contribution is -2.21. The van der Waals surface area contributed by atoms with Crippen LogP contribution in [0.5, 0.6) is 0 Å². The summed E-state index contributed by atoms with van der Waals surface area (Å²) in [6.07, 6.45) is 13.6. The first-order chi connectivity index (χ1) is 13.4. The monoisotopic (exact) mass is 477 g/mol. The predicted molar refractivity (Wildman–Crippen MR) is 139 cm³/mol. The lowest BCUT2D eigenvalue weighted by Gasteiger charge is -2.40. The molecule has 1 aliphatic heterocycles. The third-order valence-corrected chi connectivity index (χ3v) is 9.12. The Morgan fingerprint density at radius 1 is 1.03 bits per heavy atom. The molecule has 0 aliphatic carbocycles. The normalized spacial score (nSPS) is 18.5. The first-order valence-corrected chi connectivity index (χ1v) is 13.3. The van der Waals surface area contributed by atoms with E-state index < -0.39 is 0 Å². The van der Waals surface area contributed by atoms with Gasteiger partial charge >= 0.3 is 0 Å². The molecule has 0 saturated carbocycles. The molecule has 5 heteroatoms. The Morgan fingerprint density at radius 2 is 1.62 bits per heavy atom. The van der Waals surface area contributed by atoms with E-state index >= 15 is 0 Å². The van der Waals surface area contributed by atoms with Crippen LogP contribution in [0, 0.1) is 11.8 Å². The standard InChI is InChI=1S/C17H18BrN3.C7H18S/c1-21(2)17-9-4-14(5-10-17)3-7-16-8-6-15(18)11-12-19-13-20-16;1-7(2,3)8(4,5)6/h4-6,8-10,13H,11-12H2,1-2H3,(H,19,20);1-6H3/b15-6-,16-8-;. The van der Waals surface area contributed by atoms with E-state index in [0.717, 1.165) is 28.7 Å². The van der Waals surface area contributed by atoms with Crippen LogP contribution in [0.1, 0.15) is 32.8 Å². The van der Waals surface area contributed by atoms with Crippen LogP contribution >= 0.6 is 26.0 Å². The molecule has 0 amide bonds. The van der Waals surface area contributed by atoms with Gasteiger partial charge in [-0.15, -0.1) is 0 Å². The highest BCUT2D eigenvalue weighted by molar-refractivity contribution is 9.11. The topological polar surface area (TPSA) is 27.6 Å². The van der Waals surface area contributed by atoms with E-state index in [1.54, 1.807) is 6.34 Å². The van der Waals surface area contributed by atoms with Crippen molar-refractivity contribution in [1.29, 1.82) is 0 Å². The van der Waals surface area contributed by atoms with Crippen LogP contribution < -0.4 is 10.2 Å². The molecule has 3 nitrogen and oxygen atoms in total. The second kappa shape index (κ2) is 11.5. The largest absolute Gasteiger partial charge is 0.378 e. The van der Waals surface area contributed by atoms with E-state index in [4.69, 9.17) is 0 Å². The van der Waals surface area contributed by atoms with Crippen LogP contribution in [0.15, 0.2) is 51.6 Å². The van der Waals surface area contributed by atoms with Gasteiger partial charge in [0.05, 0.1) is 12.0 Å². The van der Waals surface area contributed by atoms with Gasteiger partial charge in [-0.3, -0.25) is 4.99 Å². The summed E-state index contributed by atoms with van der Waals surface area (Å²) < 4.78 is 1.64. The zero-order valence-electron chi connectivity index (χ0n) is 19.1. The van der Waals surface area contributed by atoms with Gasteiger partial charge in [0.15, 0.2) is 0 Å². The molecule has 1 aromatic rings. The lowest BCUT2D eigenvalue weighted by atomic mass is 10.2. The smallest absolute Gasteiger partial charge is 0.0908 e. The summed E-state index contributed by atoms with van der Waals surface area (Å²) in [5.74, 6) is 6.29. The SMILES string of the molecule is CC(C)(C)S(C)(C)C.CN(C)c1ccc(C#C/C2=C/C=C(\Br)CCN=CN2)cc1. The minimum absolute atomic E-state index is 0.340. The summed E-state index contributed by atoms with van der Waals surface area (Å²) in [5, 5.41) is 3.10. The van der Waals surface area contributed by atoms with Crippen molar-refractivity contribution in [2.75, 3.05) is 44.3 Å². The molecule has 160 valence electrons. The number of nitrogens with zero attached hydrogens (tertiary/aromatic N) is 2. The van der Waals surface area contributed by atoms with Crippen molar-refractivity contribution in [1.82, 2.24) is 5.32 Å². The number of nitrogens with one attached hydrogen (secondary N) is 1. The minimum atomic E-state index is -0.340. The summed E-state index contributed by atoms with van der Waals surface area (Å²) in [7, 11) is 3.71. The first-order valence-electron chi connectivity index (χ1n) is 9.68. The zero-order valence-corrected chi connectivity index (χ0v) is 21.5. The highest BCUT2D eigenvalue weighted by Crippen LogP contribution is 2.48. The molecule has 1 aromatic carbocycles. The third kappa shape index (κ3) is 10.1. The molecule has 0 aromatic heterocycles. The van der Waals surface area contributed by atoms with Crippen LogP contribution in [-0.2, 0) is 0 Å². The van der Waals surface area contributed by atoms with E-state index in [9.17, 15) is 0 Å². The van der Waals surface area contributed by atoms with Crippen LogP contribution in [0.3, 0.4) is 0 Å². The molecular formula is C24H36BrN3S. The maximum Gasteiger partial charge on any atom is 0.0908 e. The van der Waals surface area contributed by atoms with Crippen molar-refractivity contribution < 1.29 is 0 Å². The van der Waals surface area contributed by atoms with Gasteiger partial charge in [0.1, 0.15) is 0 Å². The number of aliphatic imine (C=N–C) groups is 1. The van der Waals surface area contributed by atoms with Gasteiger partial charge < -0.3 is 10.2 Å². The molecule has 29 heavy (non-hydrogen) atoms. The average molecular weight is 479 g/mol. The number of anilines is 1. The van der Waals surface area contributed by atoms with Crippen LogP contribution in [0.4, 0.5) is 5.69 Å². The quantitative estimate of drug-likeness (QED) is 0.519. The summed E-state index contributed by atoms with van der Waals surface area (Å²) in [5.41, 5.74) is 2.98. The first kappa shape index (κ1) is 25.4. The van der Waals surface area contributed by atoms with Crippen LogP contribution in [0.25, 0.3) is 0 Å². The molecule has 0 atom stereocenters. The van der Waals surface area contributed by atoms with Crippen LogP contribution in [0.2, 0.25) is 0 Å². The number of benzene rings is 1. The average Bonchev–Trinajstić information content (AvgIpc) is 2.71. The number of halogens is 1. The fraction of sp³-hybridized carbons (Fsp3) is 0.458. The van der Waals surface area contributed by atoms with Gasteiger partial charge in [-0.1, -0.05) is 42.6 Å². The second-order valence-corrected chi connectivity index (χ2v) is 14.7. The van der Waals surface area contributed by atoms with E-state index in [1.807, 2.05) is 38.4 Å². The number of hydrogen-bond donors (Lipinski definition) is 1. The molecular weight excluding hydrogens is 442 g/mol. The van der Waals surface area contributed by atoms with Crippen molar-refractivity contribution in [2.24, 2.45) is 4.99 Å². The Morgan fingerprint density at radius 3 is 2.14 bits per heavy atom. The van der Waals surface area contributed by atoms with E-state index in [-0.39, 0.29) is 10.0 Å². The zero-order chi connectivity index (χ0) is 22.1. The summed E-state index contributed by atoms with van der Waals surface area (Å²) in [4.78, 5) is 6.32. The van der Waals surface area contributed by atoms with Gasteiger partial charge in [0, 0.05) is 31.9 Å². The number of rotatable bonds is 1. The molecule has 0 bridgehead atoms. The Bertz CT molecular complexity index is 784. The fourth-order valence-electron chi connectivity index (χ4n) is 1.72. The van der Waals surface area contributed by atoms with Gasteiger partial charge in [0.25, 0.3) is 0 Å². The predicted octanol–water partition coefficient (Wildman–Crippen LogP) is 5.77. The van der Waals surface area contributed by atoms with Gasteiger partial charge in [-0.25, -0.2) is 10.0 Å². The Hall–Kier alpha value is -1.64. The van der Waals surface area contributed by atoms with Gasteiger partial charge in [-0.2, -0.15) is 0 Å².